The maximum atomic E-state index is 13.6. The van der Waals surface area contributed by atoms with Crippen LogP contribution in [0.15, 0.2) is 54.9 Å². The number of nitrogens with one attached hydrogen (secondary N) is 4. The largest absolute Gasteiger partial charge is 0.453 e. The molecule has 5 aromatic rings. The van der Waals surface area contributed by atoms with Gasteiger partial charge in [-0.05, 0) is 66.5 Å². The van der Waals surface area contributed by atoms with Crippen LogP contribution in [0.25, 0.3) is 44.3 Å². The molecule has 2 aliphatic heterocycles. The summed E-state index contributed by atoms with van der Waals surface area (Å²) in [6.07, 6.45) is 5.50. The molecule has 2 aliphatic rings. The molecule has 0 unspecified atom stereocenters. The summed E-state index contributed by atoms with van der Waals surface area (Å²) in [5.74, 6) is 0.880. The number of ether oxygens (including phenoxy) is 2. The molecule has 56 heavy (non-hydrogen) atoms. The Morgan fingerprint density at radius 1 is 0.714 bits per heavy atom. The first kappa shape index (κ1) is 38.3. The number of hydrogen-bond donors (Lipinski definition) is 4. The fourth-order valence-corrected chi connectivity index (χ4v) is 7.86. The third-order valence-corrected chi connectivity index (χ3v) is 10.9. The van der Waals surface area contributed by atoms with Gasteiger partial charge in [-0.1, -0.05) is 52.0 Å². The van der Waals surface area contributed by atoms with E-state index in [1.165, 1.54) is 14.2 Å². The Kier molecular flexibility index (Phi) is 10.9. The van der Waals surface area contributed by atoms with Gasteiger partial charge in [0.1, 0.15) is 29.2 Å². The topological polar surface area (TPSA) is 188 Å². The van der Waals surface area contributed by atoms with Crippen molar-refractivity contribution in [3.63, 3.8) is 0 Å². The normalized spacial score (nSPS) is 18.1. The number of benzene rings is 2. The second kappa shape index (κ2) is 16.0. The molecule has 0 bridgehead atoms. The van der Waals surface area contributed by atoms with E-state index in [0.29, 0.717) is 30.3 Å². The van der Waals surface area contributed by atoms with E-state index in [4.69, 9.17) is 24.4 Å². The van der Waals surface area contributed by atoms with Gasteiger partial charge in [0.25, 0.3) is 0 Å². The van der Waals surface area contributed by atoms with Crippen molar-refractivity contribution in [3.8, 4) is 22.5 Å². The maximum absolute atomic E-state index is 13.6. The van der Waals surface area contributed by atoms with E-state index < -0.39 is 24.3 Å². The number of methoxy groups -OCH3 is 2. The highest BCUT2D eigenvalue weighted by Gasteiger charge is 2.39. The fourth-order valence-electron chi connectivity index (χ4n) is 7.86. The summed E-state index contributed by atoms with van der Waals surface area (Å²) in [4.78, 5) is 75.9. The standard InChI is InChI=1S/C41H49N9O6/c1-22(2)34(47-40(53)55-5)38(51)49-15-7-9-32(49)36-43-20-30(45-36)27-14-12-24-17-26(13-11-25(24)18-27)28-19-29-31(21-42-28)46-37(44-29)33-10-8-16-50(33)39(52)35(23(3)4)48-41(54)56-6/h11-14,17-23,32-35H,7-10,15-16H2,1-6H3,(H,43,45)(H,44,46)(H,47,53)(H,48,54)/t32-,33-,34-,35-/m0/s1. The van der Waals surface area contributed by atoms with Gasteiger partial charge in [-0.15, -0.1) is 0 Å². The van der Waals surface area contributed by atoms with Crippen molar-refractivity contribution in [2.24, 2.45) is 11.8 Å². The van der Waals surface area contributed by atoms with Crippen molar-refractivity contribution in [1.82, 2.24) is 45.4 Å². The molecule has 15 heteroatoms. The number of alkyl carbamates (subject to hydrolysis) is 2. The Bertz CT molecular complexity index is 2260. The number of amides is 4. The maximum Gasteiger partial charge on any atom is 0.407 e. The zero-order chi connectivity index (χ0) is 39.7. The summed E-state index contributed by atoms with van der Waals surface area (Å²) in [5, 5.41) is 7.49. The average Bonchev–Trinajstić information content (AvgIpc) is 4.03. The summed E-state index contributed by atoms with van der Waals surface area (Å²) in [6, 6.07) is 12.6. The van der Waals surface area contributed by atoms with Gasteiger partial charge in [0.15, 0.2) is 0 Å². The van der Waals surface area contributed by atoms with E-state index in [9.17, 15) is 19.2 Å². The number of carbonyl (C=O) groups excluding carboxylic acids is 4. The highest BCUT2D eigenvalue weighted by molar-refractivity contribution is 5.91. The van der Waals surface area contributed by atoms with Crippen LogP contribution in [-0.4, -0.2) is 98.1 Å². The molecule has 2 fully saturated rings. The van der Waals surface area contributed by atoms with E-state index in [1.54, 1.807) is 22.2 Å². The number of H-pyrrole nitrogens is 2. The van der Waals surface area contributed by atoms with Gasteiger partial charge in [0, 0.05) is 24.2 Å². The van der Waals surface area contributed by atoms with Gasteiger partial charge in [-0.3, -0.25) is 14.6 Å². The van der Waals surface area contributed by atoms with Gasteiger partial charge in [0.2, 0.25) is 11.8 Å². The Labute approximate surface area is 324 Å². The molecular formula is C41H49N9O6. The van der Waals surface area contributed by atoms with Gasteiger partial charge < -0.3 is 39.9 Å². The van der Waals surface area contributed by atoms with Gasteiger partial charge in [0.05, 0.1) is 55.6 Å². The monoisotopic (exact) mass is 763 g/mol. The first-order valence-electron chi connectivity index (χ1n) is 19.2. The molecule has 5 heterocycles. The highest BCUT2D eigenvalue weighted by Crippen LogP contribution is 2.35. The van der Waals surface area contributed by atoms with Crippen molar-refractivity contribution in [2.45, 2.75) is 77.5 Å². The van der Waals surface area contributed by atoms with Gasteiger partial charge >= 0.3 is 12.2 Å². The van der Waals surface area contributed by atoms with E-state index >= 15 is 0 Å². The van der Waals surface area contributed by atoms with Crippen molar-refractivity contribution in [3.05, 3.63) is 66.5 Å². The highest BCUT2D eigenvalue weighted by atomic mass is 16.5. The number of nitrogens with zero attached hydrogens (tertiary/aromatic N) is 5. The lowest BCUT2D eigenvalue weighted by molar-refractivity contribution is -0.136. The quantitative estimate of drug-likeness (QED) is 0.127. The molecular weight excluding hydrogens is 715 g/mol. The predicted octanol–water partition coefficient (Wildman–Crippen LogP) is 6.26. The fraction of sp³-hybridized carbons (Fsp3) is 0.439. The van der Waals surface area contributed by atoms with Crippen LogP contribution in [0.4, 0.5) is 9.59 Å². The zero-order valence-electron chi connectivity index (χ0n) is 32.6. The van der Waals surface area contributed by atoms with Crippen molar-refractivity contribution < 1.29 is 28.7 Å². The molecule has 3 aromatic heterocycles. The molecule has 0 aliphatic carbocycles. The molecule has 4 amide bonds. The molecule has 2 aromatic carbocycles. The lowest BCUT2D eigenvalue weighted by Crippen LogP contribution is -2.51. The van der Waals surface area contributed by atoms with Crippen molar-refractivity contribution in [1.29, 1.82) is 0 Å². The molecule has 15 nitrogen and oxygen atoms in total. The Morgan fingerprint density at radius 2 is 1.27 bits per heavy atom. The minimum absolute atomic E-state index is 0.111. The van der Waals surface area contributed by atoms with Crippen LogP contribution in [0, 0.1) is 11.8 Å². The number of carbonyl (C=O) groups is 4. The SMILES string of the molecule is COC(=O)N[C@H](C(=O)N1CCC[C@H]1c1ncc(-c2ccc3cc(-c4cc5[nH]c([C@@H]6CCCN6C(=O)[C@@H](NC(=O)OC)C(C)C)nc5cn4)ccc3c2)[nH]1)C(C)C. The number of likely N-dealkylation sites (tertiary alicyclic amines) is 2. The molecule has 294 valence electrons. The molecule has 0 spiro atoms. The molecule has 0 radical (unpaired) electrons. The third kappa shape index (κ3) is 7.62. The minimum Gasteiger partial charge on any atom is -0.453 e. The number of fused-ring (bicyclic) bond motifs is 2. The Balaban J connectivity index is 1.07. The van der Waals surface area contributed by atoms with E-state index in [-0.39, 0.29) is 35.7 Å². The van der Waals surface area contributed by atoms with Crippen LogP contribution in [0.1, 0.15) is 77.1 Å². The van der Waals surface area contributed by atoms with Gasteiger partial charge in [-0.25, -0.2) is 19.6 Å². The number of pyridine rings is 1. The van der Waals surface area contributed by atoms with Crippen LogP contribution < -0.4 is 10.6 Å². The lowest BCUT2D eigenvalue weighted by Gasteiger charge is -2.30. The van der Waals surface area contributed by atoms with Crippen LogP contribution in [0.5, 0.6) is 0 Å². The van der Waals surface area contributed by atoms with E-state index in [0.717, 1.165) is 64.5 Å². The summed E-state index contributed by atoms with van der Waals surface area (Å²) in [5.41, 5.74) is 5.09. The van der Waals surface area contributed by atoms with E-state index in [2.05, 4.69) is 44.9 Å². The second-order valence-electron chi connectivity index (χ2n) is 15.3. The Morgan fingerprint density at radius 3 is 1.84 bits per heavy atom. The smallest absolute Gasteiger partial charge is 0.407 e. The number of hydrogen-bond acceptors (Lipinski definition) is 9. The van der Waals surface area contributed by atoms with Crippen molar-refractivity contribution >= 4 is 45.8 Å². The van der Waals surface area contributed by atoms with Crippen LogP contribution >= 0.6 is 0 Å². The zero-order valence-corrected chi connectivity index (χ0v) is 32.6. The van der Waals surface area contributed by atoms with E-state index in [1.807, 2.05) is 45.9 Å². The first-order valence-corrected chi connectivity index (χ1v) is 19.2. The average molecular weight is 764 g/mol. The molecule has 0 saturated carbocycles. The second-order valence-corrected chi connectivity index (χ2v) is 15.3. The first-order chi connectivity index (χ1) is 26.9. The number of imidazole rings is 2. The summed E-state index contributed by atoms with van der Waals surface area (Å²) in [6.45, 7) is 8.75. The molecule has 7 rings (SSSR count). The van der Waals surface area contributed by atoms with Crippen LogP contribution in [0.2, 0.25) is 0 Å². The third-order valence-electron chi connectivity index (χ3n) is 10.9. The summed E-state index contributed by atoms with van der Waals surface area (Å²) < 4.78 is 9.53. The Hall–Kier alpha value is -5.99. The number of aromatic amines is 2. The summed E-state index contributed by atoms with van der Waals surface area (Å²) in [7, 11) is 2.57. The predicted molar refractivity (Wildman–Crippen MR) is 210 cm³/mol. The van der Waals surface area contributed by atoms with Crippen LogP contribution in [-0.2, 0) is 19.1 Å². The summed E-state index contributed by atoms with van der Waals surface area (Å²) >= 11 is 0. The molecule has 4 N–H and O–H groups in total. The molecule has 4 atom stereocenters. The number of aromatic nitrogens is 5. The van der Waals surface area contributed by atoms with Crippen LogP contribution in [0.3, 0.4) is 0 Å². The van der Waals surface area contributed by atoms with Crippen molar-refractivity contribution in [2.75, 3.05) is 27.3 Å². The lowest BCUT2D eigenvalue weighted by atomic mass is 10.0. The van der Waals surface area contributed by atoms with Gasteiger partial charge in [-0.2, -0.15) is 0 Å². The molecule has 2 saturated heterocycles. The minimum atomic E-state index is -0.705. The number of rotatable bonds is 10.